The fourth-order valence-electron chi connectivity index (χ4n) is 1.38. The summed E-state index contributed by atoms with van der Waals surface area (Å²) in [7, 11) is 0. The number of hydrogen-bond acceptors (Lipinski definition) is 4. The zero-order chi connectivity index (χ0) is 11.9. The Labute approximate surface area is 94.7 Å². The van der Waals surface area contributed by atoms with Crippen molar-refractivity contribution in [1.82, 2.24) is 19.6 Å². The average Bonchev–Trinajstić information content (AvgIpc) is 2.58. The van der Waals surface area contributed by atoms with Crippen LogP contribution < -0.4 is 5.73 Å². The minimum absolute atomic E-state index is 0.302. The van der Waals surface area contributed by atoms with E-state index < -0.39 is 5.54 Å². The van der Waals surface area contributed by atoms with Crippen LogP contribution in [0.15, 0.2) is 12.4 Å². The maximum atomic E-state index is 6.01. The monoisotopic (exact) mass is 219 g/mol. The molecule has 0 saturated carbocycles. The lowest BCUT2D eigenvalue weighted by molar-refractivity contribution is 0.546. The van der Waals surface area contributed by atoms with Crippen LogP contribution in [-0.4, -0.2) is 19.6 Å². The highest BCUT2D eigenvalue weighted by molar-refractivity contribution is 5.30. The molecule has 16 heavy (non-hydrogen) atoms. The van der Waals surface area contributed by atoms with Gasteiger partial charge < -0.3 is 5.73 Å². The van der Waals surface area contributed by atoms with Gasteiger partial charge >= 0.3 is 0 Å². The Bertz CT molecular complexity index is 507. The molecule has 2 aromatic rings. The van der Waals surface area contributed by atoms with Gasteiger partial charge in [-0.15, -0.1) is 5.10 Å². The van der Waals surface area contributed by atoms with E-state index in [9.17, 15) is 0 Å². The molecule has 0 aliphatic carbocycles. The minimum Gasteiger partial charge on any atom is -0.322 e. The van der Waals surface area contributed by atoms with Gasteiger partial charge in [0.15, 0.2) is 5.82 Å². The molecule has 5 nitrogen and oxygen atoms in total. The highest BCUT2D eigenvalue weighted by atomic mass is 15.3. The molecule has 2 heterocycles. The van der Waals surface area contributed by atoms with E-state index in [2.05, 4.69) is 28.9 Å². The van der Waals surface area contributed by atoms with E-state index in [0.29, 0.717) is 11.7 Å². The minimum atomic E-state index is -0.412. The first-order valence-corrected chi connectivity index (χ1v) is 5.39. The molecule has 2 aromatic heterocycles. The summed E-state index contributed by atoms with van der Waals surface area (Å²) in [5.41, 5.74) is 6.55. The van der Waals surface area contributed by atoms with E-state index >= 15 is 0 Å². The SMILES string of the molecule is CC(C)c1nc2ncc(C(C)(C)N)cn2n1. The van der Waals surface area contributed by atoms with E-state index in [1.807, 2.05) is 20.0 Å². The van der Waals surface area contributed by atoms with Gasteiger partial charge in [-0.3, -0.25) is 0 Å². The van der Waals surface area contributed by atoms with Crippen LogP contribution in [0.3, 0.4) is 0 Å². The highest BCUT2D eigenvalue weighted by Gasteiger charge is 2.16. The predicted octanol–water partition coefficient (Wildman–Crippen LogP) is 1.44. The quantitative estimate of drug-likeness (QED) is 0.829. The van der Waals surface area contributed by atoms with Crippen LogP contribution in [0, 0.1) is 0 Å². The van der Waals surface area contributed by atoms with Crippen LogP contribution in [0.2, 0.25) is 0 Å². The van der Waals surface area contributed by atoms with Gasteiger partial charge in [0.2, 0.25) is 0 Å². The third-order valence-corrected chi connectivity index (χ3v) is 2.47. The number of aromatic nitrogens is 4. The number of fused-ring (bicyclic) bond motifs is 1. The number of rotatable bonds is 2. The van der Waals surface area contributed by atoms with E-state index in [1.165, 1.54) is 0 Å². The molecular weight excluding hydrogens is 202 g/mol. The molecule has 0 bridgehead atoms. The summed E-state index contributed by atoms with van der Waals surface area (Å²) in [5, 5.41) is 4.37. The lowest BCUT2D eigenvalue weighted by Crippen LogP contribution is -2.29. The van der Waals surface area contributed by atoms with Crippen molar-refractivity contribution in [2.45, 2.75) is 39.2 Å². The summed E-state index contributed by atoms with van der Waals surface area (Å²) >= 11 is 0. The van der Waals surface area contributed by atoms with Crippen LogP contribution in [-0.2, 0) is 5.54 Å². The summed E-state index contributed by atoms with van der Waals surface area (Å²) in [6.07, 6.45) is 3.65. The molecule has 0 fully saturated rings. The molecular formula is C11H17N5. The molecule has 0 spiro atoms. The lowest BCUT2D eigenvalue weighted by atomic mass is 9.99. The van der Waals surface area contributed by atoms with Crippen LogP contribution >= 0.6 is 0 Å². The second-order valence-corrected chi connectivity index (χ2v) is 4.93. The van der Waals surface area contributed by atoms with Gasteiger partial charge in [-0.05, 0) is 13.8 Å². The van der Waals surface area contributed by atoms with E-state index in [1.54, 1.807) is 10.7 Å². The molecule has 0 saturated heterocycles. The second-order valence-electron chi connectivity index (χ2n) is 4.93. The van der Waals surface area contributed by atoms with Crippen molar-refractivity contribution in [3.05, 3.63) is 23.8 Å². The van der Waals surface area contributed by atoms with Gasteiger partial charge in [-0.2, -0.15) is 4.98 Å². The number of nitrogens with two attached hydrogens (primary N) is 1. The molecule has 0 aromatic carbocycles. The topological polar surface area (TPSA) is 69.1 Å². The maximum Gasteiger partial charge on any atom is 0.252 e. The van der Waals surface area contributed by atoms with Crippen molar-refractivity contribution < 1.29 is 0 Å². The van der Waals surface area contributed by atoms with Crippen LogP contribution in [0.1, 0.15) is 45.0 Å². The van der Waals surface area contributed by atoms with Gasteiger partial charge in [0.05, 0.1) is 0 Å². The molecule has 0 atom stereocenters. The Morgan fingerprint density at radius 2 is 2.06 bits per heavy atom. The van der Waals surface area contributed by atoms with Crippen LogP contribution in [0.5, 0.6) is 0 Å². The first-order chi connectivity index (χ1) is 7.38. The standard InChI is InChI=1S/C11H17N5/c1-7(2)9-14-10-13-5-8(11(3,4)12)6-16(10)15-9/h5-7H,12H2,1-4H3. The fourth-order valence-corrected chi connectivity index (χ4v) is 1.38. The molecule has 0 radical (unpaired) electrons. The Balaban J connectivity index is 2.54. The molecule has 2 rings (SSSR count). The van der Waals surface area contributed by atoms with Crippen molar-refractivity contribution in [3.63, 3.8) is 0 Å². The third-order valence-electron chi connectivity index (χ3n) is 2.47. The van der Waals surface area contributed by atoms with E-state index in [4.69, 9.17) is 5.73 Å². The number of hydrogen-bond donors (Lipinski definition) is 1. The molecule has 0 aliphatic rings. The summed E-state index contributed by atoms with van der Waals surface area (Å²) < 4.78 is 1.69. The average molecular weight is 219 g/mol. The number of nitrogens with zero attached hydrogens (tertiary/aromatic N) is 4. The molecule has 0 unspecified atom stereocenters. The molecule has 86 valence electrons. The Morgan fingerprint density at radius 1 is 1.38 bits per heavy atom. The van der Waals surface area contributed by atoms with Gasteiger partial charge in [0.1, 0.15) is 0 Å². The zero-order valence-electron chi connectivity index (χ0n) is 10.1. The molecule has 0 amide bonds. The van der Waals surface area contributed by atoms with Crippen molar-refractivity contribution in [3.8, 4) is 0 Å². The van der Waals surface area contributed by atoms with Crippen molar-refractivity contribution in [2.24, 2.45) is 5.73 Å². The first kappa shape index (κ1) is 11.0. The normalized spacial score (nSPS) is 12.6. The second kappa shape index (κ2) is 3.52. The predicted molar refractivity (Wildman–Crippen MR) is 62.1 cm³/mol. The molecule has 2 N–H and O–H groups in total. The third kappa shape index (κ3) is 1.90. The first-order valence-electron chi connectivity index (χ1n) is 5.39. The Kier molecular flexibility index (Phi) is 2.42. The Morgan fingerprint density at radius 3 is 2.62 bits per heavy atom. The smallest absolute Gasteiger partial charge is 0.252 e. The van der Waals surface area contributed by atoms with E-state index in [-0.39, 0.29) is 0 Å². The van der Waals surface area contributed by atoms with E-state index in [0.717, 1.165) is 11.4 Å². The molecule has 0 aliphatic heterocycles. The Hall–Kier alpha value is -1.49. The maximum absolute atomic E-state index is 6.01. The van der Waals surface area contributed by atoms with Gasteiger partial charge in [-0.25, -0.2) is 9.50 Å². The summed E-state index contributed by atoms with van der Waals surface area (Å²) in [4.78, 5) is 8.60. The summed E-state index contributed by atoms with van der Waals surface area (Å²) in [6, 6.07) is 0. The van der Waals surface area contributed by atoms with Crippen LogP contribution in [0.4, 0.5) is 0 Å². The van der Waals surface area contributed by atoms with Crippen molar-refractivity contribution >= 4 is 5.78 Å². The largest absolute Gasteiger partial charge is 0.322 e. The zero-order valence-corrected chi connectivity index (χ0v) is 10.1. The van der Waals surface area contributed by atoms with Crippen molar-refractivity contribution in [1.29, 1.82) is 0 Å². The highest BCUT2D eigenvalue weighted by Crippen LogP contribution is 2.16. The molecule has 5 heteroatoms. The van der Waals surface area contributed by atoms with Crippen LogP contribution in [0.25, 0.3) is 5.78 Å². The summed E-state index contributed by atoms with van der Waals surface area (Å²) in [6.45, 7) is 8.00. The van der Waals surface area contributed by atoms with Gasteiger partial charge in [0, 0.05) is 29.4 Å². The fraction of sp³-hybridized carbons (Fsp3) is 0.545. The van der Waals surface area contributed by atoms with Gasteiger partial charge in [-0.1, -0.05) is 13.8 Å². The van der Waals surface area contributed by atoms with Crippen molar-refractivity contribution in [2.75, 3.05) is 0 Å². The summed E-state index contributed by atoms with van der Waals surface area (Å²) in [5.74, 6) is 1.73. The van der Waals surface area contributed by atoms with Gasteiger partial charge in [0.25, 0.3) is 5.78 Å². The lowest BCUT2D eigenvalue weighted by Gasteiger charge is -2.17.